The molecular formula is C42H54N2O5Si. The van der Waals surface area contributed by atoms with E-state index in [-0.39, 0.29) is 41.6 Å². The van der Waals surface area contributed by atoms with Crippen molar-refractivity contribution in [3.05, 3.63) is 83.4 Å². The summed E-state index contributed by atoms with van der Waals surface area (Å²) in [6.07, 6.45) is 6.88. The number of carbonyl (C=O) groups excluding carboxylic acids is 3. The minimum absolute atomic E-state index is 0.0276. The smallest absolute Gasteiger partial charge is 0.223 e. The van der Waals surface area contributed by atoms with Crippen LogP contribution in [0.3, 0.4) is 0 Å². The van der Waals surface area contributed by atoms with Gasteiger partial charge in [0.1, 0.15) is 11.2 Å². The number of benzene rings is 3. The summed E-state index contributed by atoms with van der Waals surface area (Å²) in [6, 6.07) is 22.3. The molecule has 0 spiro atoms. The predicted octanol–water partition coefficient (Wildman–Crippen LogP) is 9.50. The van der Waals surface area contributed by atoms with E-state index < -0.39 is 14.2 Å². The van der Waals surface area contributed by atoms with Gasteiger partial charge in [-0.15, -0.1) is 0 Å². The standard InChI is InChI=1S/C42H54N2O5Si/c1-42(2,3)50(4,5)49-38(25-30-15-9-6-10-16-30)31-17-19-36-34(26-31)35-27-32(18-20-37(35)48-36)41(47)33(28-39(45)43-21-11-7-12-22-43)29-40(46)44-23-13-8-14-24-44/h6,9-10,15-20,26-27,33,38H,7-8,11-14,21-25,28-29H2,1-5H3. The Bertz CT molecular complexity index is 1780. The molecule has 2 amide bonds. The summed E-state index contributed by atoms with van der Waals surface area (Å²) >= 11 is 0. The second-order valence-corrected chi connectivity index (χ2v) is 20.7. The summed E-state index contributed by atoms with van der Waals surface area (Å²) in [5, 5.41) is 1.82. The average molecular weight is 695 g/mol. The lowest BCUT2D eigenvalue weighted by atomic mass is 9.89. The molecule has 0 radical (unpaired) electrons. The van der Waals surface area contributed by atoms with E-state index in [9.17, 15) is 14.4 Å². The van der Waals surface area contributed by atoms with E-state index >= 15 is 0 Å². The molecule has 0 N–H and O–H groups in total. The fourth-order valence-corrected chi connectivity index (χ4v) is 8.48. The highest BCUT2D eigenvalue weighted by Crippen LogP contribution is 2.42. The summed E-state index contributed by atoms with van der Waals surface area (Å²) in [6.45, 7) is 14.2. The van der Waals surface area contributed by atoms with Crippen LogP contribution in [-0.4, -0.2) is 61.9 Å². The van der Waals surface area contributed by atoms with Crippen LogP contribution in [0.4, 0.5) is 0 Å². The molecule has 0 aliphatic carbocycles. The molecule has 1 aromatic heterocycles. The van der Waals surface area contributed by atoms with Crippen molar-refractivity contribution in [3.63, 3.8) is 0 Å². The molecule has 2 fully saturated rings. The number of Topliss-reactive ketones (excluding diaryl/α,β-unsaturated/α-hetero) is 1. The first-order valence-corrected chi connectivity index (χ1v) is 21.6. The van der Waals surface area contributed by atoms with Crippen molar-refractivity contribution in [2.75, 3.05) is 26.2 Å². The molecule has 2 saturated heterocycles. The number of nitrogens with zero attached hydrogens (tertiary/aromatic N) is 2. The number of hydrogen-bond acceptors (Lipinski definition) is 5. The zero-order chi connectivity index (χ0) is 35.5. The summed E-state index contributed by atoms with van der Waals surface area (Å²) in [5.74, 6) is -0.921. The summed E-state index contributed by atoms with van der Waals surface area (Å²) in [4.78, 5) is 45.0. The van der Waals surface area contributed by atoms with Crippen LogP contribution in [0.15, 0.2) is 71.1 Å². The van der Waals surface area contributed by atoms with Crippen molar-refractivity contribution in [2.45, 2.75) is 103 Å². The summed E-state index contributed by atoms with van der Waals surface area (Å²) < 4.78 is 13.4. The average Bonchev–Trinajstić information content (AvgIpc) is 3.48. The van der Waals surface area contributed by atoms with Gasteiger partial charge in [-0.05, 0) is 98.1 Å². The van der Waals surface area contributed by atoms with Crippen LogP contribution in [0.5, 0.6) is 0 Å². The van der Waals surface area contributed by atoms with E-state index in [4.69, 9.17) is 8.84 Å². The summed E-state index contributed by atoms with van der Waals surface area (Å²) in [5.41, 5.74) is 4.24. The first kappa shape index (κ1) is 36.1. The first-order chi connectivity index (χ1) is 23.9. The van der Waals surface area contributed by atoms with Gasteiger partial charge in [0.25, 0.3) is 0 Å². The van der Waals surface area contributed by atoms with E-state index in [0.29, 0.717) is 11.1 Å². The van der Waals surface area contributed by atoms with Gasteiger partial charge >= 0.3 is 0 Å². The Balaban J connectivity index is 1.33. The van der Waals surface area contributed by atoms with Gasteiger partial charge in [0.05, 0.1) is 6.10 Å². The molecule has 3 heterocycles. The SMILES string of the molecule is CC(C)(C)[Si](C)(C)OC(Cc1ccccc1)c1ccc2oc3ccc(C(=O)C(CC(=O)N4CCCCC4)CC(=O)N4CCCCC4)cc3c2c1. The van der Waals surface area contributed by atoms with Crippen LogP contribution in [0.2, 0.25) is 18.1 Å². The molecule has 7 nitrogen and oxygen atoms in total. The Hall–Kier alpha value is -3.75. The number of rotatable bonds is 11. The molecule has 0 saturated carbocycles. The van der Waals surface area contributed by atoms with E-state index in [1.165, 1.54) is 5.56 Å². The second kappa shape index (κ2) is 15.2. The third kappa shape index (κ3) is 8.23. The Kier molecular flexibility index (Phi) is 11.0. The topological polar surface area (TPSA) is 80.1 Å². The van der Waals surface area contributed by atoms with Crippen LogP contribution in [0.1, 0.15) is 99.7 Å². The minimum Gasteiger partial charge on any atom is -0.456 e. The molecule has 4 aromatic rings. The Morgan fingerprint density at radius 2 is 1.28 bits per heavy atom. The number of carbonyl (C=O) groups is 3. The predicted molar refractivity (Wildman–Crippen MR) is 203 cm³/mol. The number of piperidine rings is 2. The van der Waals surface area contributed by atoms with Crippen molar-refractivity contribution < 1.29 is 23.2 Å². The molecule has 2 aliphatic heterocycles. The van der Waals surface area contributed by atoms with Crippen LogP contribution in [-0.2, 0) is 20.4 Å². The lowest BCUT2D eigenvalue weighted by Crippen LogP contribution is -2.42. The molecule has 3 aromatic carbocycles. The number of hydrogen-bond donors (Lipinski definition) is 0. The van der Waals surface area contributed by atoms with Gasteiger partial charge in [-0.3, -0.25) is 14.4 Å². The van der Waals surface area contributed by atoms with Gasteiger partial charge in [-0.25, -0.2) is 0 Å². The maximum Gasteiger partial charge on any atom is 0.223 e. The Morgan fingerprint density at radius 3 is 1.84 bits per heavy atom. The van der Waals surface area contributed by atoms with Gasteiger partial charge in [-0.2, -0.15) is 0 Å². The molecule has 0 bridgehead atoms. The van der Waals surface area contributed by atoms with E-state index in [0.717, 1.165) is 93.0 Å². The van der Waals surface area contributed by atoms with E-state index in [1.54, 1.807) is 6.07 Å². The highest BCUT2D eigenvalue weighted by Gasteiger charge is 2.39. The van der Waals surface area contributed by atoms with Crippen LogP contribution in [0.25, 0.3) is 21.9 Å². The third-order valence-corrected chi connectivity index (χ3v) is 15.8. The second-order valence-electron chi connectivity index (χ2n) is 16.0. The molecular weight excluding hydrogens is 641 g/mol. The maximum atomic E-state index is 14.3. The van der Waals surface area contributed by atoms with Crippen LogP contribution in [0, 0.1) is 5.92 Å². The molecule has 50 heavy (non-hydrogen) atoms. The lowest BCUT2D eigenvalue weighted by molar-refractivity contribution is -0.135. The Labute approximate surface area is 298 Å². The van der Waals surface area contributed by atoms with Gasteiger partial charge < -0.3 is 18.6 Å². The maximum absolute atomic E-state index is 14.3. The number of likely N-dealkylation sites (tertiary alicyclic amines) is 2. The highest BCUT2D eigenvalue weighted by atomic mass is 28.4. The number of ketones is 1. The molecule has 1 atom stereocenters. The number of amides is 2. The Morgan fingerprint density at radius 1 is 0.740 bits per heavy atom. The third-order valence-electron chi connectivity index (χ3n) is 11.3. The van der Waals surface area contributed by atoms with E-state index in [2.05, 4.69) is 70.3 Å². The zero-order valence-electron chi connectivity index (χ0n) is 30.6. The fourth-order valence-electron chi connectivity index (χ4n) is 7.20. The molecule has 8 heteroatoms. The number of furan rings is 1. The fraction of sp³-hybridized carbons (Fsp3) is 0.500. The van der Waals surface area contributed by atoms with Crippen molar-refractivity contribution in [1.82, 2.24) is 9.80 Å². The van der Waals surface area contributed by atoms with Crippen LogP contribution >= 0.6 is 0 Å². The van der Waals surface area contributed by atoms with Crippen molar-refractivity contribution in [3.8, 4) is 0 Å². The summed E-state index contributed by atoms with van der Waals surface area (Å²) in [7, 11) is -2.13. The molecule has 1 unspecified atom stereocenters. The van der Waals surface area contributed by atoms with Gasteiger partial charge in [0, 0.05) is 67.7 Å². The molecule has 266 valence electrons. The zero-order valence-corrected chi connectivity index (χ0v) is 31.6. The highest BCUT2D eigenvalue weighted by molar-refractivity contribution is 6.74. The van der Waals surface area contributed by atoms with Gasteiger partial charge in [0.15, 0.2) is 14.1 Å². The quantitative estimate of drug-likeness (QED) is 0.115. The number of fused-ring (bicyclic) bond motifs is 3. The first-order valence-electron chi connectivity index (χ1n) is 18.7. The van der Waals surface area contributed by atoms with Crippen molar-refractivity contribution in [2.24, 2.45) is 5.92 Å². The minimum atomic E-state index is -2.13. The van der Waals surface area contributed by atoms with Crippen LogP contribution < -0.4 is 0 Å². The molecule has 6 rings (SSSR count). The van der Waals surface area contributed by atoms with Crippen molar-refractivity contribution in [1.29, 1.82) is 0 Å². The van der Waals surface area contributed by atoms with Gasteiger partial charge in [0.2, 0.25) is 11.8 Å². The normalized spacial score (nSPS) is 16.7. The molecule has 2 aliphatic rings. The monoisotopic (exact) mass is 694 g/mol. The van der Waals surface area contributed by atoms with Crippen molar-refractivity contribution >= 4 is 47.9 Å². The largest absolute Gasteiger partial charge is 0.456 e. The lowest BCUT2D eigenvalue weighted by Gasteiger charge is -2.39. The van der Waals surface area contributed by atoms with Gasteiger partial charge in [-0.1, -0.05) is 57.2 Å². The van der Waals surface area contributed by atoms with E-state index in [1.807, 2.05) is 34.1 Å².